The van der Waals surface area contributed by atoms with Gasteiger partial charge in [0.05, 0.1) is 13.2 Å². The van der Waals surface area contributed by atoms with Gasteiger partial charge in [0, 0.05) is 11.8 Å². The summed E-state index contributed by atoms with van der Waals surface area (Å²) in [5.74, 6) is -0.928. The summed E-state index contributed by atoms with van der Waals surface area (Å²) in [7, 11) is 1.35. The van der Waals surface area contributed by atoms with Crippen LogP contribution in [0.1, 0.15) is 6.42 Å². The van der Waals surface area contributed by atoms with Gasteiger partial charge in [0.15, 0.2) is 11.6 Å². The molecule has 0 radical (unpaired) electrons. The normalized spacial score (nSPS) is 9.13. The standard InChI is InChI=1S/C10H9FN2O2/c1-15-9-3-2-7(6-8(9)11)13-10(14)4-5-12/h2-3,6H,4H2,1H3,(H,13,14). The number of benzene rings is 1. The Bertz CT molecular complexity index is 412. The maximum atomic E-state index is 13.1. The van der Waals surface area contributed by atoms with Crippen LogP contribution in [0.5, 0.6) is 5.75 Å². The molecule has 78 valence electrons. The van der Waals surface area contributed by atoms with Gasteiger partial charge < -0.3 is 10.1 Å². The molecule has 0 atom stereocenters. The molecule has 0 unspecified atom stereocenters. The van der Waals surface area contributed by atoms with Gasteiger partial charge in [-0.3, -0.25) is 4.79 Å². The number of anilines is 1. The van der Waals surface area contributed by atoms with Gasteiger partial charge in [0.1, 0.15) is 6.42 Å². The third-order valence-electron chi connectivity index (χ3n) is 1.68. The van der Waals surface area contributed by atoms with E-state index in [9.17, 15) is 9.18 Å². The second kappa shape index (κ2) is 4.96. The Morgan fingerprint density at radius 1 is 1.67 bits per heavy atom. The molecule has 0 saturated carbocycles. The van der Waals surface area contributed by atoms with Crippen LogP contribution in [0.2, 0.25) is 0 Å². The van der Waals surface area contributed by atoms with Gasteiger partial charge in [-0.2, -0.15) is 5.26 Å². The first kappa shape index (κ1) is 11.0. The number of nitriles is 1. The average Bonchev–Trinajstić information content (AvgIpc) is 2.18. The maximum absolute atomic E-state index is 13.1. The molecule has 1 aromatic carbocycles. The van der Waals surface area contributed by atoms with Crippen molar-refractivity contribution in [3.8, 4) is 11.8 Å². The Morgan fingerprint density at radius 3 is 2.93 bits per heavy atom. The number of halogens is 1. The van der Waals surface area contributed by atoms with Crippen molar-refractivity contribution in [2.45, 2.75) is 6.42 Å². The summed E-state index contributed by atoms with van der Waals surface area (Å²) in [5, 5.41) is 10.6. The number of ether oxygens (including phenoxy) is 1. The molecular formula is C10H9FN2O2. The van der Waals surface area contributed by atoms with Crippen molar-refractivity contribution in [1.82, 2.24) is 0 Å². The fraction of sp³-hybridized carbons (Fsp3) is 0.200. The van der Waals surface area contributed by atoms with Gasteiger partial charge in [0.2, 0.25) is 5.91 Å². The van der Waals surface area contributed by atoms with Gasteiger partial charge in [-0.1, -0.05) is 0 Å². The van der Waals surface area contributed by atoms with Crippen LogP contribution in [0.15, 0.2) is 18.2 Å². The van der Waals surface area contributed by atoms with Gasteiger partial charge in [-0.25, -0.2) is 4.39 Å². The quantitative estimate of drug-likeness (QED) is 0.822. The van der Waals surface area contributed by atoms with E-state index in [0.717, 1.165) is 6.07 Å². The predicted molar refractivity (Wildman–Crippen MR) is 51.8 cm³/mol. The van der Waals surface area contributed by atoms with E-state index < -0.39 is 11.7 Å². The van der Waals surface area contributed by atoms with Crippen LogP contribution in [0, 0.1) is 17.1 Å². The molecule has 0 saturated heterocycles. The molecule has 0 aromatic heterocycles. The summed E-state index contributed by atoms with van der Waals surface area (Å²) in [6.45, 7) is 0. The largest absolute Gasteiger partial charge is 0.494 e. The SMILES string of the molecule is COc1ccc(NC(=O)CC#N)cc1F. The highest BCUT2D eigenvalue weighted by atomic mass is 19.1. The molecule has 4 nitrogen and oxygen atoms in total. The fourth-order valence-electron chi connectivity index (χ4n) is 1.02. The molecule has 1 N–H and O–H groups in total. The Hall–Kier alpha value is -2.09. The number of nitrogens with zero attached hydrogens (tertiary/aromatic N) is 1. The summed E-state index contributed by atoms with van der Waals surface area (Å²) < 4.78 is 17.9. The number of nitrogens with one attached hydrogen (secondary N) is 1. The van der Waals surface area contributed by atoms with Crippen LogP contribution in [0.3, 0.4) is 0 Å². The van der Waals surface area contributed by atoms with Gasteiger partial charge in [-0.05, 0) is 12.1 Å². The van der Waals surface area contributed by atoms with E-state index in [4.69, 9.17) is 10.00 Å². The van der Waals surface area contributed by atoms with E-state index >= 15 is 0 Å². The molecule has 0 spiro atoms. The molecule has 0 bridgehead atoms. The van der Waals surface area contributed by atoms with E-state index in [2.05, 4.69) is 5.32 Å². The number of hydrogen-bond acceptors (Lipinski definition) is 3. The van der Waals surface area contributed by atoms with Crippen LogP contribution in [-0.4, -0.2) is 13.0 Å². The minimum atomic E-state index is -0.563. The van der Waals surface area contributed by atoms with E-state index in [1.54, 1.807) is 6.07 Å². The number of amides is 1. The van der Waals surface area contributed by atoms with Crippen molar-refractivity contribution in [3.05, 3.63) is 24.0 Å². The third-order valence-corrected chi connectivity index (χ3v) is 1.68. The Labute approximate surface area is 86.3 Å². The molecule has 1 aromatic rings. The van der Waals surface area contributed by atoms with E-state index in [1.165, 1.54) is 19.2 Å². The Balaban J connectivity index is 2.76. The van der Waals surface area contributed by atoms with Crippen LogP contribution >= 0.6 is 0 Å². The zero-order valence-electron chi connectivity index (χ0n) is 8.08. The Kier molecular flexibility index (Phi) is 3.63. The number of methoxy groups -OCH3 is 1. The number of hydrogen-bond donors (Lipinski definition) is 1. The zero-order valence-corrected chi connectivity index (χ0v) is 8.08. The van der Waals surface area contributed by atoms with Crippen LogP contribution in [-0.2, 0) is 4.79 Å². The van der Waals surface area contributed by atoms with Crippen molar-refractivity contribution < 1.29 is 13.9 Å². The van der Waals surface area contributed by atoms with Gasteiger partial charge >= 0.3 is 0 Å². The lowest BCUT2D eigenvalue weighted by Gasteiger charge is -2.05. The summed E-state index contributed by atoms with van der Waals surface area (Å²) >= 11 is 0. The van der Waals surface area contributed by atoms with Crippen molar-refractivity contribution in [3.63, 3.8) is 0 Å². The molecule has 0 aliphatic carbocycles. The van der Waals surface area contributed by atoms with Crippen molar-refractivity contribution in [2.24, 2.45) is 0 Å². The second-order valence-corrected chi connectivity index (χ2v) is 2.73. The minimum Gasteiger partial charge on any atom is -0.494 e. The highest BCUT2D eigenvalue weighted by Gasteiger charge is 2.05. The maximum Gasteiger partial charge on any atom is 0.238 e. The molecule has 1 amide bonds. The third kappa shape index (κ3) is 2.95. The van der Waals surface area contributed by atoms with Crippen molar-refractivity contribution in [2.75, 3.05) is 12.4 Å². The summed E-state index contributed by atoms with van der Waals surface area (Å²) in [6.07, 6.45) is -0.256. The first-order valence-corrected chi connectivity index (χ1v) is 4.17. The molecule has 0 heterocycles. The molecule has 0 fully saturated rings. The van der Waals surface area contributed by atoms with Gasteiger partial charge in [-0.15, -0.1) is 0 Å². The van der Waals surface area contributed by atoms with E-state index in [-0.39, 0.29) is 12.2 Å². The van der Waals surface area contributed by atoms with Crippen molar-refractivity contribution >= 4 is 11.6 Å². The van der Waals surface area contributed by atoms with E-state index in [0.29, 0.717) is 5.69 Å². The minimum absolute atomic E-state index is 0.105. The number of carbonyl (C=O) groups is 1. The molecule has 15 heavy (non-hydrogen) atoms. The first-order chi connectivity index (χ1) is 7.17. The molecular weight excluding hydrogens is 199 g/mol. The second-order valence-electron chi connectivity index (χ2n) is 2.73. The highest BCUT2D eigenvalue weighted by Crippen LogP contribution is 2.20. The lowest BCUT2D eigenvalue weighted by atomic mass is 10.3. The average molecular weight is 208 g/mol. The lowest BCUT2D eigenvalue weighted by Crippen LogP contribution is -2.10. The molecule has 0 aliphatic rings. The molecule has 1 rings (SSSR count). The van der Waals surface area contributed by atoms with Gasteiger partial charge in [0.25, 0.3) is 0 Å². The Morgan fingerprint density at radius 2 is 2.40 bits per heavy atom. The number of rotatable bonds is 3. The fourth-order valence-corrected chi connectivity index (χ4v) is 1.02. The highest BCUT2D eigenvalue weighted by molar-refractivity contribution is 5.92. The predicted octanol–water partition coefficient (Wildman–Crippen LogP) is 1.69. The number of carbonyl (C=O) groups excluding carboxylic acids is 1. The molecule has 0 aliphatic heterocycles. The van der Waals surface area contributed by atoms with Crippen LogP contribution in [0.25, 0.3) is 0 Å². The smallest absolute Gasteiger partial charge is 0.238 e. The summed E-state index contributed by atoms with van der Waals surface area (Å²) in [4.78, 5) is 11.0. The zero-order chi connectivity index (χ0) is 11.3. The molecule has 5 heteroatoms. The summed E-state index contributed by atoms with van der Waals surface area (Å²) in [6, 6.07) is 5.72. The van der Waals surface area contributed by atoms with E-state index in [1.807, 2.05) is 0 Å². The lowest BCUT2D eigenvalue weighted by molar-refractivity contribution is -0.115. The topological polar surface area (TPSA) is 62.1 Å². The first-order valence-electron chi connectivity index (χ1n) is 4.17. The van der Waals surface area contributed by atoms with Crippen LogP contribution < -0.4 is 10.1 Å². The summed E-state index contributed by atoms with van der Waals surface area (Å²) in [5.41, 5.74) is 0.300. The van der Waals surface area contributed by atoms with Crippen molar-refractivity contribution in [1.29, 1.82) is 5.26 Å². The monoisotopic (exact) mass is 208 g/mol. The van der Waals surface area contributed by atoms with Crippen LogP contribution in [0.4, 0.5) is 10.1 Å².